The molecule has 3 N–H and O–H groups in total. The minimum absolute atomic E-state index is 0.0519. The molecule has 0 fully saturated rings. The number of nitrogens with one attached hydrogen (secondary N) is 3. The fraction of sp³-hybridized carbons (Fsp3) is 0.372. The van der Waals surface area contributed by atoms with Gasteiger partial charge in [0.1, 0.15) is 5.75 Å². The van der Waals surface area contributed by atoms with Gasteiger partial charge in [0.15, 0.2) is 5.60 Å². The number of ether oxygens (including phenoxy) is 1. The third-order valence-corrected chi connectivity index (χ3v) is 7.77. The number of hydrogen-bond donors (Lipinski definition) is 3. The van der Waals surface area contributed by atoms with Crippen LogP contribution >= 0.6 is 11.6 Å². The van der Waals surface area contributed by atoms with E-state index in [-0.39, 0.29) is 17.7 Å². The minimum Gasteiger partial charge on any atom is -0.478 e. The molecule has 0 unspecified atom stereocenters. The summed E-state index contributed by atoms with van der Waals surface area (Å²) >= 11 is 5.88. The zero-order valence-electron chi connectivity index (χ0n) is 30.5. The van der Waals surface area contributed by atoms with E-state index in [9.17, 15) is 14.4 Å². The first kappa shape index (κ1) is 42.5. The van der Waals surface area contributed by atoms with Crippen LogP contribution < -0.4 is 20.7 Å². The standard InChI is InChI=1S/C43H56ClN3O4/c1-4-5-6-7-8-9-10-11-12-13-14-15-16-17-18-19-20-21-22-23-40(48)45-34-35-47-42(50)43(2,3)51-39-30-24-36(25-31-39)32-33-46-41(49)37-26-28-38(44)29-27-37/h5-6,8-9,11-12,14-15,17-18,20-21,24-31H,4,7,10,13,16,19,22-23,32-35H2,1-3H3,(H,45,48)(H,46,49)(H,47,50). The average Bonchev–Trinajstić information content (AvgIpc) is 3.11. The molecule has 0 saturated heterocycles. The van der Waals surface area contributed by atoms with Gasteiger partial charge in [0.05, 0.1) is 0 Å². The zero-order valence-corrected chi connectivity index (χ0v) is 31.3. The normalized spacial score (nSPS) is 12.2. The number of rotatable bonds is 24. The van der Waals surface area contributed by atoms with Crippen LogP contribution in [0.5, 0.6) is 5.75 Å². The Morgan fingerprint density at radius 3 is 1.71 bits per heavy atom. The Balaban J connectivity index is 1.51. The van der Waals surface area contributed by atoms with Gasteiger partial charge in [0.2, 0.25) is 5.91 Å². The summed E-state index contributed by atoms with van der Waals surface area (Å²) in [4.78, 5) is 37.2. The summed E-state index contributed by atoms with van der Waals surface area (Å²) in [6.45, 7) is 6.67. The van der Waals surface area contributed by atoms with Crippen LogP contribution in [0, 0.1) is 0 Å². The Morgan fingerprint density at radius 1 is 0.647 bits per heavy atom. The van der Waals surface area contributed by atoms with E-state index in [2.05, 4.69) is 89.7 Å². The van der Waals surface area contributed by atoms with Gasteiger partial charge >= 0.3 is 0 Å². The molecule has 2 aromatic carbocycles. The van der Waals surface area contributed by atoms with Crippen molar-refractivity contribution in [1.82, 2.24) is 16.0 Å². The lowest BCUT2D eigenvalue weighted by Gasteiger charge is -2.25. The quantitative estimate of drug-likeness (QED) is 0.0747. The molecule has 0 spiro atoms. The SMILES string of the molecule is CCC=CCC=CCC=CCC=CCC=CCC=CCCC(=O)NCCNC(=O)C(C)(C)Oc1ccc(CCNC(=O)c2ccc(Cl)cc2)cc1. The van der Waals surface area contributed by atoms with Gasteiger partial charge in [0.25, 0.3) is 11.8 Å². The number of benzene rings is 2. The van der Waals surface area contributed by atoms with E-state index in [1.54, 1.807) is 38.1 Å². The number of carbonyl (C=O) groups excluding carboxylic acids is 3. The van der Waals surface area contributed by atoms with E-state index in [0.29, 0.717) is 55.2 Å². The van der Waals surface area contributed by atoms with Crippen molar-refractivity contribution < 1.29 is 19.1 Å². The minimum atomic E-state index is -1.10. The van der Waals surface area contributed by atoms with Crippen molar-refractivity contribution in [2.24, 2.45) is 0 Å². The number of hydrogen-bond acceptors (Lipinski definition) is 4. The Kier molecular flexibility index (Phi) is 21.9. The van der Waals surface area contributed by atoms with Crippen LogP contribution in [0.4, 0.5) is 0 Å². The molecule has 0 radical (unpaired) electrons. The molecule has 274 valence electrons. The first-order valence-electron chi connectivity index (χ1n) is 18.0. The van der Waals surface area contributed by atoms with Gasteiger partial charge in [-0.1, -0.05) is 104 Å². The smallest absolute Gasteiger partial charge is 0.263 e. The summed E-state index contributed by atoms with van der Waals surface area (Å²) in [6.07, 6.45) is 33.4. The van der Waals surface area contributed by atoms with E-state index in [1.807, 2.05) is 30.3 Å². The molecule has 0 aliphatic carbocycles. The van der Waals surface area contributed by atoms with Gasteiger partial charge in [-0.25, -0.2) is 0 Å². The Bertz CT molecular complexity index is 1490. The molecule has 0 heterocycles. The number of allylic oxidation sites excluding steroid dienone is 12. The second-order valence-electron chi connectivity index (χ2n) is 12.3. The lowest BCUT2D eigenvalue weighted by molar-refractivity contribution is -0.134. The summed E-state index contributed by atoms with van der Waals surface area (Å²) in [6, 6.07) is 14.2. The summed E-state index contributed by atoms with van der Waals surface area (Å²) in [5.41, 5.74) is 0.481. The van der Waals surface area contributed by atoms with E-state index in [0.717, 1.165) is 44.1 Å². The fourth-order valence-electron chi connectivity index (χ4n) is 4.62. The van der Waals surface area contributed by atoms with Crippen LogP contribution in [0.1, 0.15) is 88.1 Å². The molecule has 0 bridgehead atoms. The highest BCUT2D eigenvalue weighted by atomic mass is 35.5. The van der Waals surface area contributed by atoms with E-state index >= 15 is 0 Å². The first-order chi connectivity index (χ1) is 24.7. The predicted molar refractivity (Wildman–Crippen MR) is 212 cm³/mol. The second-order valence-corrected chi connectivity index (χ2v) is 12.8. The summed E-state index contributed by atoms with van der Waals surface area (Å²) in [7, 11) is 0. The Labute approximate surface area is 310 Å². The maximum atomic E-state index is 12.8. The number of amides is 3. The molecular weight excluding hydrogens is 658 g/mol. The van der Waals surface area contributed by atoms with E-state index in [1.165, 1.54) is 0 Å². The van der Waals surface area contributed by atoms with Gasteiger partial charge in [-0.05, 0) is 107 Å². The monoisotopic (exact) mass is 713 g/mol. The molecule has 2 rings (SSSR count). The van der Waals surface area contributed by atoms with Crippen LogP contribution in [-0.4, -0.2) is 43.0 Å². The molecule has 2 aromatic rings. The molecule has 8 heteroatoms. The van der Waals surface area contributed by atoms with Crippen LogP contribution in [0.25, 0.3) is 0 Å². The van der Waals surface area contributed by atoms with E-state index < -0.39 is 5.60 Å². The van der Waals surface area contributed by atoms with Gasteiger partial charge in [-0.3, -0.25) is 14.4 Å². The second kappa shape index (κ2) is 26.2. The highest BCUT2D eigenvalue weighted by Gasteiger charge is 2.29. The molecule has 0 aliphatic heterocycles. The molecule has 0 aromatic heterocycles. The topological polar surface area (TPSA) is 96.5 Å². The first-order valence-corrected chi connectivity index (χ1v) is 18.4. The maximum absolute atomic E-state index is 12.8. The molecule has 51 heavy (non-hydrogen) atoms. The fourth-order valence-corrected chi connectivity index (χ4v) is 4.75. The van der Waals surface area contributed by atoms with Gasteiger partial charge < -0.3 is 20.7 Å². The third-order valence-electron chi connectivity index (χ3n) is 7.52. The molecule has 0 aliphatic rings. The van der Waals surface area contributed by atoms with Gasteiger partial charge in [-0.2, -0.15) is 0 Å². The van der Waals surface area contributed by atoms with E-state index in [4.69, 9.17) is 16.3 Å². The largest absolute Gasteiger partial charge is 0.478 e. The third kappa shape index (κ3) is 20.6. The van der Waals surface area contributed by atoms with Crippen LogP contribution in [0.15, 0.2) is 121 Å². The van der Waals surface area contributed by atoms with Crippen molar-refractivity contribution in [2.45, 2.75) is 84.2 Å². The summed E-state index contributed by atoms with van der Waals surface area (Å²) in [5, 5.41) is 9.16. The zero-order chi connectivity index (χ0) is 37.0. The van der Waals surface area contributed by atoms with Crippen molar-refractivity contribution in [3.8, 4) is 5.75 Å². The van der Waals surface area contributed by atoms with Crippen LogP contribution in [-0.2, 0) is 16.0 Å². The Morgan fingerprint density at radius 2 is 1.16 bits per heavy atom. The Hall–Kier alpha value is -4.62. The summed E-state index contributed by atoms with van der Waals surface area (Å²) < 4.78 is 5.95. The highest BCUT2D eigenvalue weighted by Crippen LogP contribution is 2.19. The molecule has 0 saturated carbocycles. The highest BCUT2D eigenvalue weighted by molar-refractivity contribution is 6.30. The van der Waals surface area contributed by atoms with Crippen LogP contribution in [0.2, 0.25) is 5.02 Å². The number of halogens is 1. The maximum Gasteiger partial charge on any atom is 0.263 e. The number of carbonyl (C=O) groups is 3. The van der Waals surface area contributed by atoms with Gasteiger partial charge in [-0.15, -0.1) is 0 Å². The van der Waals surface area contributed by atoms with Crippen molar-refractivity contribution >= 4 is 29.3 Å². The lowest BCUT2D eigenvalue weighted by Crippen LogP contribution is -2.48. The van der Waals surface area contributed by atoms with Crippen molar-refractivity contribution in [3.63, 3.8) is 0 Å². The van der Waals surface area contributed by atoms with Crippen molar-refractivity contribution in [3.05, 3.63) is 138 Å². The van der Waals surface area contributed by atoms with Crippen molar-refractivity contribution in [1.29, 1.82) is 0 Å². The average molecular weight is 714 g/mol. The molecule has 3 amide bonds. The molecular formula is C43H56ClN3O4. The predicted octanol–water partition coefficient (Wildman–Crippen LogP) is 9.18. The lowest BCUT2D eigenvalue weighted by atomic mass is 10.1. The van der Waals surface area contributed by atoms with Crippen LogP contribution in [0.3, 0.4) is 0 Å². The molecule has 7 nitrogen and oxygen atoms in total. The van der Waals surface area contributed by atoms with Crippen molar-refractivity contribution in [2.75, 3.05) is 19.6 Å². The van der Waals surface area contributed by atoms with Gasteiger partial charge in [0, 0.05) is 36.6 Å². The molecule has 0 atom stereocenters. The summed E-state index contributed by atoms with van der Waals surface area (Å²) in [5.74, 6) is 0.0827.